The van der Waals surface area contributed by atoms with Gasteiger partial charge in [0.1, 0.15) is 17.5 Å². The standard InChI is InChI=1S/C26H32N2O4S/c1-30-20-14-18(15-21(16-20)31-2)8-7-13-32-25(33)24-11-6-12-28(24)26(29)27-23-17-22(23)19-9-4-3-5-10-19/h3-5,9-10,14-16,22-24H,6-8,11-13,17H2,1-2H3,(H,27,29)/t22-,23+,24+/m1/s1. The van der Waals surface area contributed by atoms with Crippen molar-refractivity contribution in [2.24, 2.45) is 0 Å². The van der Waals surface area contributed by atoms with Crippen LogP contribution in [0, 0.1) is 0 Å². The molecule has 0 unspecified atom stereocenters. The number of carbonyl (C=O) groups is 1. The molecule has 3 atom stereocenters. The molecule has 0 bridgehead atoms. The van der Waals surface area contributed by atoms with Crippen LogP contribution in [0.5, 0.6) is 11.5 Å². The maximum Gasteiger partial charge on any atom is 0.318 e. The van der Waals surface area contributed by atoms with E-state index in [-0.39, 0.29) is 18.1 Å². The number of amides is 2. The van der Waals surface area contributed by atoms with Crippen LogP contribution < -0.4 is 14.8 Å². The highest BCUT2D eigenvalue weighted by Crippen LogP contribution is 2.40. The van der Waals surface area contributed by atoms with Gasteiger partial charge in [0.15, 0.2) is 5.05 Å². The molecule has 1 heterocycles. The van der Waals surface area contributed by atoms with Crippen LogP contribution in [0.2, 0.25) is 0 Å². The average molecular weight is 469 g/mol. The lowest BCUT2D eigenvalue weighted by molar-refractivity contribution is 0.194. The van der Waals surface area contributed by atoms with E-state index in [1.165, 1.54) is 5.56 Å². The van der Waals surface area contributed by atoms with Crippen LogP contribution in [0.15, 0.2) is 48.5 Å². The van der Waals surface area contributed by atoms with Crippen LogP contribution in [-0.2, 0) is 11.2 Å². The first-order chi connectivity index (χ1) is 16.1. The molecule has 0 spiro atoms. The first-order valence-corrected chi connectivity index (χ1v) is 12.0. The first kappa shape index (κ1) is 23.4. The van der Waals surface area contributed by atoms with Gasteiger partial charge >= 0.3 is 6.03 Å². The lowest BCUT2D eigenvalue weighted by Crippen LogP contribution is -2.47. The third kappa shape index (κ3) is 5.96. The van der Waals surface area contributed by atoms with Crippen molar-refractivity contribution in [3.63, 3.8) is 0 Å². The molecule has 2 aromatic rings. The fourth-order valence-electron chi connectivity index (χ4n) is 4.48. The van der Waals surface area contributed by atoms with Crippen molar-refractivity contribution in [2.45, 2.75) is 50.1 Å². The van der Waals surface area contributed by atoms with Gasteiger partial charge in [0, 0.05) is 24.6 Å². The molecule has 33 heavy (non-hydrogen) atoms. The van der Waals surface area contributed by atoms with Gasteiger partial charge in [-0.2, -0.15) is 0 Å². The zero-order valence-electron chi connectivity index (χ0n) is 19.3. The Labute approximate surface area is 201 Å². The summed E-state index contributed by atoms with van der Waals surface area (Å²) in [5.41, 5.74) is 2.41. The summed E-state index contributed by atoms with van der Waals surface area (Å²) in [7, 11) is 3.29. The van der Waals surface area contributed by atoms with E-state index >= 15 is 0 Å². The second-order valence-electron chi connectivity index (χ2n) is 8.65. The number of aryl methyl sites for hydroxylation is 1. The number of hydrogen-bond acceptors (Lipinski definition) is 5. The highest BCUT2D eigenvalue weighted by Gasteiger charge is 2.42. The molecule has 7 heteroatoms. The van der Waals surface area contributed by atoms with Gasteiger partial charge < -0.3 is 24.4 Å². The number of rotatable bonds is 9. The Morgan fingerprint density at radius 3 is 2.55 bits per heavy atom. The van der Waals surface area contributed by atoms with Crippen LogP contribution in [0.4, 0.5) is 4.79 Å². The second-order valence-corrected chi connectivity index (χ2v) is 9.05. The molecule has 1 aliphatic carbocycles. The Morgan fingerprint density at radius 2 is 1.85 bits per heavy atom. The largest absolute Gasteiger partial charge is 0.497 e. The Balaban J connectivity index is 1.22. The minimum absolute atomic E-state index is 0.0321. The van der Waals surface area contributed by atoms with E-state index in [0.717, 1.165) is 49.2 Å². The number of hydrogen-bond donors (Lipinski definition) is 1. The number of nitrogens with zero attached hydrogens (tertiary/aromatic N) is 1. The SMILES string of the molecule is COc1cc(CCCOC(=S)[C@@H]2CCCN2C(=O)N[C@H]2C[C@@H]2c2ccccc2)cc(OC)c1. The molecule has 1 saturated carbocycles. The fourth-order valence-corrected chi connectivity index (χ4v) is 4.80. The number of likely N-dealkylation sites (tertiary alicyclic amines) is 1. The number of urea groups is 1. The predicted molar refractivity (Wildman–Crippen MR) is 132 cm³/mol. The van der Waals surface area contributed by atoms with Gasteiger partial charge in [0.05, 0.1) is 20.8 Å². The van der Waals surface area contributed by atoms with Crippen molar-refractivity contribution in [3.05, 3.63) is 59.7 Å². The lowest BCUT2D eigenvalue weighted by atomic mass is 10.1. The monoisotopic (exact) mass is 468 g/mol. The van der Waals surface area contributed by atoms with E-state index < -0.39 is 0 Å². The molecule has 0 radical (unpaired) electrons. The molecule has 4 rings (SSSR count). The molecule has 2 fully saturated rings. The normalized spacial score (nSPS) is 21.4. The Morgan fingerprint density at radius 1 is 1.12 bits per heavy atom. The van der Waals surface area contributed by atoms with Gasteiger partial charge in [0.25, 0.3) is 0 Å². The lowest BCUT2D eigenvalue weighted by Gasteiger charge is -2.25. The van der Waals surface area contributed by atoms with Crippen LogP contribution in [0.1, 0.15) is 42.7 Å². The predicted octanol–water partition coefficient (Wildman–Crippen LogP) is 4.71. The third-order valence-electron chi connectivity index (χ3n) is 6.38. The van der Waals surface area contributed by atoms with E-state index in [1.54, 1.807) is 14.2 Å². The van der Waals surface area contributed by atoms with E-state index in [9.17, 15) is 4.79 Å². The summed E-state index contributed by atoms with van der Waals surface area (Å²) < 4.78 is 16.6. The number of methoxy groups -OCH3 is 2. The number of carbonyl (C=O) groups excluding carboxylic acids is 1. The zero-order chi connectivity index (χ0) is 23.2. The zero-order valence-corrected chi connectivity index (χ0v) is 20.1. The van der Waals surface area contributed by atoms with Gasteiger partial charge in [0.2, 0.25) is 0 Å². The molecule has 1 aliphatic heterocycles. The highest BCUT2D eigenvalue weighted by molar-refractivity contribution is 7.80. The average Bonchev–Trinajstić information content (AvgIpc) is 3.43. The maximum absolute atomic E-state index is 12.9. The molecular weight excluding hydrogens is 436 g/mol. The topological polar surface area (TPSA) is 60.0 Å². The molecule has 176 valence electrons. The van der Waals surface area contributed by atoms with Crippen molar-refractivity contribution < 1.29 is 19.0 Å². The molecule has 1 N–H and O–H groups in total. The Kier molecular flexibility index (Phi) is 7.70. The van der Waals surface area contributed by atoms with Crippen molar-refractivity contribution in [2.75, 3.05) is 27.4 Å². The van der Waals surface area contributed by atoms with E-state index in [0.29, 0.717) is 24.1 Å². The van der Waals surface area contributed by atoms with Crippen LogP contribution in [-0.4, -0.2) is 55.4 Å². The minimum atomic E-state index is -0.133. The molecular formula is C26H32N2O4S. The fraction of sp³-hybridized carbons (Fsp3) is 0.462. The molecule has 2 aromatic carbocycles. The van der Waals surface area contributed by atoms with E-state index in [4.69, 9.17) is 26.4 Å². The number of thiocarbonyl (C=S) groups is 1. The van der Waals surface area contributed by atoms with Gasteiger partial charge in [-0.05, 0) is 67.6 Å². The first-order valence-electron chi connectivity index (χ1n) is 11.6. The number of ether oxygens (including phenoxy) is 3. The van der Waals surface area contributed by atoms with Gasteiger partial charge in [-0.15, -0.1) is 0 Å². The van der Waals surface area contributed by atoms with Crippen molar-refractivity contribution in [1.29, 1.82) is 0 Å². The second kappa shape index (κ2) is 10.9. The van der Waals surface area contributed by atoms with Crippen molar-refractivity contribution >= 4 is 23.3 Å². The maximum atomic E-state index is 12.9. The van der Waals surface area contributed by atoms with Crippen LogP contribution in [0.3, 0.4) is 0 Å². The summed E-state index contributed by atoms with van der Waals surface area (Å²) in [6.07, 6.45) is 4.43. The molecule has 0 aromatic heterocycles. The summed E-state index contributed by atoms with van der Waals surface area (Å²) in [6, 6.07) is 16.3. The van der Waals surface area contributed by atoms with Crippen LogP contribution >= 0.6 is 12.2 Å². The third-order valence-corrected chi connectivity index (χ3v) is 6.77. The molecule has 2 aliphatic rings. The van der Waals surface area contributed by atoms with Gasteiger partial charge in [-0.1, -0.05) is 30.3 Å². The van der Waals surface area contributed by atoms with Crippen LogP contribution in [0.25, 0.3) is 0 Å². The number of nitrogens with one attached hydrogen (secondary N) is 1. The Hall–Kier alpha value is -2.80. The van der Waals surface area contributed by atoms with Gasteiger partial charge in [-0.3, -0.25) is 0 Å². The van der Waals surface area contributed by atoms with E-state index in [2.05, 4.69) is 17.4 Å². The summed E-state index contributed by atoms with van der Waals surface area (Å²) in [5.74, 6) is 1.96. The quantitative estimate of drug-likeness (QED) is 0.427. The summed E-state index contributed by atoms with van der Waals surface area (Å²) in [6.45, 7) is 1.23. The summed E-state index contributed by atoms with van der Waals surface area (Å²) in [5, 5.41) is 3.70. The smallest absolute Gasteiger partial charge is 0.318 e. The minimum Gasteiger partial charge on any atom is -0.497 e. The van der Waals surface area contributed by atoms with Crippen molar-refractivity contribution in [3.8, 4) is 11.5 Å². The summed E-state index contributed by atoms with van der Waals surface area (Å²) in [4.78, 5) is 14.7. The van der Waals surface area contributed by atoms with Crippen molar-refractivity contribution in [1.82, 2.24) is 10.2 Å². The molecule has 6 nitrogen and oxygen atoms in total. The summed E-state index contributed by atoms with van der Waals surface area (Å²) >= 11 is 5.56. The molecule has 1 saturated heterocycles. The Bertz CT molecular complexity index is 946. The van der Waals surface area contributed by atoms with Gasteiger partial charge in [-0.25, -0.2) is 4.79 Å². The molecule has 2 amide bonds. The number of benzene rings is 2. The van der Waals surface area contributed by atoms with E-state index in [1.807, 2.05) is 41.3 Å². The highest BCUT2D eigenvalue weighted by atomic mass is 32.1.